The van der Waals surface area contributed by atoms with Crippen LogP contribution in [0.4, 0.5) is 4.39 Å². The van der Waals surface area contributed by atoms with Gasteiger partial charge in [0.05, 0.1) is 6.54 Å². The van der Waals surface area contributed by atoms with E-state index >= 15 is 0 Å². The summed E-state index contributed by atoms with van der Waals surface area (Å²) in [6, 6.07) is 5.08. The Labute approximate surface area is 139 Å². The molecule has 22 heavy (non-hydrogen) atoms. The van der Waals surface area contributed by atoms with Crippen LogP contribution in [0, 0.1) is 5.82 Å². The largest absolute Gasteiger partial charge is 0.480 e. The lowest BCUT2D eigenvalue weighted by atomic mass is 10.0. The molecule has 1 fully saturated rings. The van der Waals surface area contributed by atoms with Crippen LogP contribution in [0.15, 0.2) is 22.7 Å². The Balaban J connectivity index is 1.89. The van der Waals surface area contributed by atoms with E-state index in [0.29, 0.717) is 6.04 Å². The fraction of sp³-hybridized carbons (Fsp3) is 0.562. The summed E-state index contributed by atoms with van der Waals surface area (Å²) in [6.07, 6.45) is 1.90. The lowest BCUT2D eigenvalue weighted by molar-refractivity contribution is -0.139. The van der Waals surface area contributed by atoms with Crippen molar-refractivity contribution in [2.45, 2.75) is 32.4 Å². The van der Waals surface area contributed by atoms with E-state index in [2.05, 4.69) is 20.8 Å². The van der Waals surface area contributed by atoms with Gasteiger partial charge in [0.15, 0.2) is 0 Å². The molecule has 0 aromatic heterocycles. The number of likely N-dealkylation sites (tertiary alicyclic amines) is 1. The third kappa shape index (κ3) is 4.76. The number of hydrogen-bond acceptors (Lipinski definition) is 3. The van der Waals surface area contributed by atoms with Gasteiger partial charge in [0.1, 0.15) is 5.82 Å². The number of piperidine rings is 1. The molecule has 0 spiro atoms. The average molecular weight is 373 g/mol. The zero-order chi connectivity index (χ0) is 16.1. The van der Waals surface area contributed by atoms with Gasteiger partial charge in [-0.2, -0.15) is 0 Å². The minimum atomic E-state index is -0.770. The van der Waals surface area contributed by atoms with Gasteiger partial charge in [-0.3, -0.25) is 14.6 Å². The third-order valence-corrected chi connectivity index (χ3v) is 4.99. The summed E-state index contributed by atoms with van der Waals surface area (Å²) >= 11 is 3.46. The molecular weight excluding hydrogens is 351 g/mol. The molecule has 1 aliphatic heterocycles. The SMILES string of the molecule is CCN(CC(=O)O)C1CCN(Cc2cc(F)ccc2Br)CC1. The first-order valence-corrected chi connectivity index (χ1v) is 8.41. The Kier molecular flexibility index (Phi) is 6.35. The van der Waals surface area contributed by atoms with E-state index in [0.717, 1.165) is 49.1 Å². The predicted octanol–water partition coefficient (Wildman–Crippen LogP) is 2.96. The van der Waals surface area contributed by atoms with Crippen molar-refractivity contribution in [2.24, 2.45) is 0 Å². The average Bonchev–Trinajstić information content (AvgIpc) is 2.49. The van der Waals surface area contributed by atoms with Gasteiger partial charge >= 0.3 is 5.97 Å². The second-order valence-electron chi connectivity index (χ2n) is 5.70. The Morgan fingerprint density at radius 2 is 2.14 bits per heavy atom. The summed E-state index contributed by atoms with van der Waals surface area (Å²) in [4.78, 5) is 15.2. The number of hydrogen-bond donors (Lipinski definition) is 1. The first-order valence-electron chi connectivity index (χ1n) is 7.61. The highest BCUT2D eigenvalue weighted by atomic mass is 79.9. The van der Waals surface area contributed by atoms with Crippen LogP contribution >= 0.6 is 15.9 Å². The van der Waals surface area contributed by atoms with Crippen molar-refractivity contribution in [1.82, 2.24) is 9.80 Å². The van der Waals surface area contributed by atoms with E-state index < -0.39 is 5.97 Å². The van der Waals surface area contributed by atoms with Crippen molar-refractivity contribution in [3.8, 4) is 0 Å². The molecule has 4 nitrogen and oxygen atoms in total. The molecule has 1 heterocycles. The second kappa shape index (κ2) is 8.04. The number of carboxylic acid groups (broad SMARTS) is 1. The summed E-state index contributed by atoms with van der Waals surface area (Å²) in [5.74, 6) is -0.986. The highest BCUT2D eigenvalue weighted by Crippen LogP contribution is 2.23. The summed E-state index contributed by atoms with van der Waals surface area (Å²) in [7, 11) is 0. The van der Waals surface area contributed by atoms with E-state index in [-0.39, 0.29) is 12.4 Å². The lowest BCUT2D eigenvalue weighted by Gasteiger charge is -2.37. The zero-order valence-corrected chi connectivity index (χ0v) is 14.4. The Hall–Kier alpha value is -0.980. The molecule has 1 N–H and O–H groups in total. The van der Waals surface area contributed by atoms with Crippen molar-refractivity contribution < 1.29 is 14.3 Å². The molecule has 1 aromatic carbocycles. The molecule has 1 aromatic rings. The van der Waals surface area contributed by atoms with Gasteiger partial charge in [0.2, 0.25) is 0 Å². The first kappa shape index (κ1) is 17.4. The second-order valence-corrected chi connectivity index (χ2v) is 6.55. The fourth-order valence-corrected chi connectivity index (χ4v) is 3.39. The Morgan fingerprint density at radius 3 is 2.73 bits per heavy atom. The molecule has 0 amide bonds. The van der Waals surface area contributed by atoms with Gasteiger partial charge in [-0.1, -0.05) is 22.9 Å². The molecule has 0 radical (unpaired) electrons. The summed E-state index contributed by atoms with van der Waals surface area (Å²) in [5.41, 5.74) is 0.955. The normalized spacial score (nSPS) is 17.1. The molecule has 0 atom stereocenters. The number of benzene rings is 1. The van der Waals surface area contributed by atoms with Gasteiger partial charge < -0.3 is 5.11 Å². The standard InChI is InChI=1S/C16H22BrFN2O2/c1-2-20(11-16(21)22)14-5-7-19(8-6-14)10-12-9-13(18)3-4-15(12)17/h3-4,9,14H,2,5-8,10-11H2,1H3,(H,21,22). The van der Waals surface area contributed by atoms with Crippen molar-refractivity contribution in [2.75, 3.05) is 26.2 Å². The minimum absolute atomic E-state index is 0.108. The predicted molar refractivity (Wildman–Crippen MR) is 87.3 cm³/mol. The minimum Gasteiger partial charge on any atom is -0.480 e. The number of halogens is 2. The van der Waals surface area contributed by atoms with Crippen LogP contribution in [-0.2, 0) is 11.3 Å². The number of aliphatic carboxylic acids is 1. The van der Waals surface area contributed by atoms with E-state index in [1.807, 2.05) is 11.8 Å². The van der Waals surface area contributed by atoms with Crippen LogP contribution in [0.2, 0.25) is 0 Å². The molecule has 2 rings (SSSR count). The summed E-state index contributed by atoms with van der Waals surface area (Å²) in [6.45, 7) is 5.39. The monoisotopic (exact) mass is 372 g/mol. The molecule has 0 bridgehead atoms. The number of likely N-dealkylation sites (N-methyl/N-ethyl adjacent to an activating group) is 1. The molecule has 0 aliphatic carbocycles. The van der Waals surface area contributed by atoms with Crippen molar-refractivity contribution >= 4 is 21.9 Å². The number of carbonyl (C=O) groups is 1. The molecule has 122 valence electrons. The number of nitrogens with zero attached hydrogens (tertiary/aromatic N) is 2. The van der Waals surface area contributed by atoms with Crippen LogP contribution in [0.25, 0.3) is 0 Å². The zero-order valence-electron chi connectivity index (χ0n) is 12.8. The Bertz CT molecular complexity index is 519. The summed E-state index contributed by atoms with van der Waals surface area (Å²) in [5, 5.41) is 8.96. The van der Waals surface area contributed by atoms with E-state index in [1.165, 1.54) is 6.07 Å². The quantitative estimate of drug-likeness (QED) is 0.833. The van der Waals surface area contributed by atoms with Gasteiger partial charge in [-0.25, -0.2) is 4.39 Å². The summed E-state index contributed by atoms with van der Waals surface area (Å²) < 4.78 is 14.3. The van der Waals surface area contributed by atoms with Crippen molar-refractivity contribution in [3.63, 3.8) is 0 Å². The van der Waals surface area contributed by atoms with Gasteiger partial charge in [0, 0.05) is 17.1 Å². The first-order chi connectivity index (χ1) is 10.5. The van der Waals surface area contributed by atoms with E-state index in [1.54, 1.807) is 12.1 Å². The molecule has 6 heteroatoms. The van der Waals surface area contributed by atoms with Gasteiger partial charge in [0.25, 0.3) is 0 Å². The van der Waals surface area contributed by atoms with Crippen LogP contribution in [0.3, 0.4) is 0 Å². The maximum Gasteiger partial charge on any atom is 0.317 e. The van der Waals surface area contributed by atoms with Crippen molar-refractivity contribution in [1.29, 1.82) is 0 Å². The highest BCUT2D eigenvalue weighted by Gasteiger charge is 2.25. The van der Waals surface area contributed by atoms with Gasteiger partial charge in [-0.05, 0) is 56.2 Å². The molecule has 1 aliphatic rings. The van der Waals surface area contributed by atoms with Crippen LogP contribution in [-0.4, -0.2) is 53.1 Å². The molecular formula is C16H22BrFN2O2. The molecule has 1 saturated heterocycles. The van der Waals surface area contributed by atoms with Crippen LogP contribution in [0.5, 0.6) is 0 Å². The number of carboxylic acids is 1. The van der Waals surface area contributed by atoms with E-state index in [9.17, 15) is 9.18 Å². The number of rotatable bonds is 6. The Morgan fingerprint density at radius 1 is 1.45 bits per heavy atom. The van der Waals surface area contributed by atoms with Crippen molar-refractivity contribution in [3.05, 3.63) is 34.1 Å². The maximum atomic E-state index is 13.3. The maximum absolute atomic E-state index is 13.3. The lowest BCUT2D eigenvalue weighted by Crippen LogP contribution is -2.46. The molecule has 0 unspecified atom stereocenters. The van der Waals surface area contributed by atoms with Crippen LogP contribution in [0.1, 0.15) is 25.3 Å². The highest BCUT2D eigenvalue weighted by molar-refractivity contribution is 9.10. The smallest absolute Gasteiger partial charge is 0.317 e. The molecule has 0 saturated carbocycles. The fourth-order valence-electron chi connectivity index (χ4n) is 3.02. The topological polar surface area (TPSA) is 43.8 Å². The van der Waals surface area contributed by atoms with Gasteiger partial charge in [-0.15, -0.1) is 0 Å². The third-order valence-electron chi connectivity index (χ3n) is 4.22. The van der Waals surface area contributed by atoms with Crippen LogP contribution < -0.4 is 0 Å². The van der Waals surface area contributed by atoms with E-state index in [4.69, 9.17) is 5.11 Å².